The van der Waals surface area contributed by atoms with Crippen LogP contribution in [0.15, 0.2) is 16.6 Å². The van der Waals surface area contributed by atoms with Crippen LogP contribution in [0.25, 0.3) is 0 Å². The lowest BCUT2D eigenvalue weighted by Crippen LogP contribution is -2.08. The highest BCUT2D eigenvalue weighted by molar-refractivity contribution is 9.10. The van der Waals surface area contributed by atoms with Crippen molar-refractivity contribution < 1.29 is 19.0 Å². The molecule has 5 heteroatoms. The van der Waals surface area contributed by atoms with Gasteiger partial charge < -0.3 is 9.84 Å². The van der Waals surface area contributed by atoms with Gasteiger partial charge in [-0.1, -0.05) is 6.07 Å². The van der Waals surface area contributed by atoms with Gasteiger partial charge in [0.25, 0.3) is 0 Å². The number of hydrogen-bond acceptors (Lipinski definition) is 3. The van der Waals surface area contributed by atoms with Gasteiger partial charge in [-0.2, -0.15) is 0 Å². The second kappa shape index (κ2) is 5.11. The Balaban J connectivity index is 2.87. The summed E-state index contributed by atoms with van der Waals surface area (Å²) in [6.07, 6.45) is -0.180. The van der Waals surface area contributed by atoms with Crippen LogP contribution < -0.4 is 0 Å². The molecule has 1 aromatic rings. The van der Waals surface area contributed by atoms with Gasteiger partial charge in [-0.3, -0.25) is 4.79 Å². The number of phenols is 1. The van der Waals surface area contributed by atoms with Crippen LogP contribution in [0.5, 0.6) is 5.75 Å². The Bertz CT molecular complexity index is 379. The fourth-order valence-corrected chi connectivity index (χ4v) is 1.39. The van der Waals surface area contributed by atoms with Crippen molar-refractivity contribution in [1.82, 2.24) is 0 Å². The third kappa shape index (κ3) is 2.92. The highest BCUT2D eigenvalue weighted by Crippen LogP contribution is 2.29. The maximum absolute atomic E-state index is 13.4. The molecule has 0 atom stereocenters. The highest BCUT2D eigenvalue weighted by Gasteiger charge is 2.14. The van der Waals surface area contributed by atoms with Crippen molar-refractivity contribution in [1.29, 1.82) is 0 Å². The maximum Gasteiger partial charge on any atom is 0.310 e. The van der Waals surface area contributed by atoms with Gasteiger partial charge in [0.15, 0.2) is 11.6 Å². The average Bonchev–Trinajstić information content (AvgIpc) is 2.20. The lowest BCUT2D eigenvalue weighted by molar-refractivity contribution is -0.142. The molecule has 0 saturated carbocycles. The molecule has 0 aliphatic heterocycles. The normalized spacial score (nSPS) is 10.1. The van der Waals surface area contributed by atoms with E-state index in [4.69, 9.17) is 0 Å². The summed E-state index contributed by atoms with van der Waals surface area (Å²) in [5.41, 5.74) is 0.120. The van der Waals surface area contributed by atoms with Crippen LogP contribution >= 0.6 is 15.9 Å². The Morgan fingerprint density at radius 3 is 2.87 bits per heavy atom. The molecule has 0 bridgehead atoms. The Hall–Kier alpha value is -1.10. The summed E-state index contributed by atoms with van der Waals surface area (Å²) in [6.45, 7) is 1.93. The van der Waals surface area contributed by atoms with Crippen LogP contribution in [0.2, 0.25) is 0 Å². The van der Waals surface area contributed by atoms with E-state index in [2.05, 4.69) is 20.7 Å². The van der Waals surface area contributed by atoms with E-state index in [-0.39, 0.29) is 23.1 Å². The Morgan fingerprint density at radius 1 is 1.60 bits per heavy atom. The zero-order valence-electron chi connectivity index (χ0n) is 8.09. The molecule has 0 aliphatic rings. The van der Waals surface area contributed by atoms with Crippen molar-refractivity contribution in [2.75, 3.05) is 6.61 Å². The van der Waals surface area contributed by atoms with E-state index in [1.807, 2.05) is 0 Å². The number of aromatic hydroxyl groups is 1. The first kappa shape index (κ1) is 12.0. The first-order valence-corrected chi connectivity index (χ1v) is 5.17. The smallest absolute Gasteiger partial charge is 0.310 e. The zero-order valence-corrected chi connectivity index (χ0v) is 9.67. The fourth-order valence-electron chi connectivity index (χ4n) is 1.09. The molecule has 1 aromatic carbocycles. The van der Waals surface area contributed by atoms with Crippen LogP contribution in [-0.4, -0.2) is 17.7 Å². The number of carbonyl (C=O) groups excluding carboxylic acids is 1. The highest BCUT2D eigenvalue weighted by atomic mass is 79.9. The molecule has 0 spiro atoms. The molecule has 82 valence electrons. The number of benzene rings is 1. The van der Waals surface area contributed by atoms with Crippen molar-refractivity contribution in [3.8, 4) is 5.75 Å². The number of esters is 1. The molecule has 0 aromatic heterocycles. The van der Waals surface area contributed by atoms with Crippen molar-refractivity contribution in [3.05, 3.63) is 28.0 Å². The van der Waals surface area contributed by atoms with Gasteiger partial charge in [-0.05, 0) is 28.9 Å². The summed E-state index contributed by atoms with van der Waals surface area (Å²) >= 11 is 2.97. The molecule has 0 amide bonds. The Morgan fingerprint density at radius 2 is 2.27 bits per heavy atom. The lowest BCUT2D eigenvalue weighted by Gasteiger charge is -2.05. The lowest BCUT2D eigenvalue weighted by atomic mass is 10.1. The van der Waals surface area contributed by atoms with Crippen molar-refractivity contribution >= 4 is 21.9 Å². The zero-order chi connectivity index (χ0) is 11.4. The van der Waals surface area contributed by atoms with Gasteiger partial charge in [0.1, 0.15) is 0 Å². The fraction of sp³-hybridized carbons (Fsp3) is 0.300. The second-order valence-corrected chi connectivity index (χ2v) is 3.71. The number of phenolic OH excluding ortho intramolecular Hbond substituents is 1. The molecule has 15 heavy (non-hydrogen) atoms. The van der Waals surface area contributed by atoms with Crippen LogP contribution in [-0.2, 0) is 16.0 Å². The molecule has 0 fully saturated rings. The quantitative estimate of drug-likeness (QED) is 0.863. The molecule has 0 heterocycles. The molecular formula is C10H10BrFO3. The molecule has 0 saturated heterocycles. The topological polar surface area (TPSA) is 46.5 Å². The van der Waals surface area contributed by atoms with E-state index in [0.717, 1.165) is 0 Å². The van der Waals surface area contributed by atoms with Crippen molar-refractivity contribution in [3.63, 3.8) is 0 Å². The van der Waals surface area contributed by atoms with Crippen LogP contribution in [0.1, 0.15) is 12.5 Å². The minimum Gasteiger partial charge on any atom is -0.504 e. The molecule has 1 rings (SSSR count). The Labute approximate surface area is 95.0 Å². The number of hydrogen-bond donors (Lipinski definition) is 1. The Kier molecular flexibility index (Phi) is 4.08. The summed E-state index contributed by atoms with van der Waals surface area (Å²) in [7, 11) is 0. The summed E-state index contributed by atoms with van der Waals surface area (Å²) in [4.78, 5) is 11.1. The number of ether oxygens (including phenoxy) is 1. The molecule has 1 N–H and O–H groups in total. The van der Waals surface area contributed by atoms with E-state index in [1.165, 1.54) is 12.1 Å². The van der Waals surface area contributed by atoms with E-state index < -0.39 is 17.5 Å². The van der Waals surface area contributed by atoms with E-state index in [9.17, 15) is 14.3 Å². The van der Waals surface area contributed by atoms with E-state index in [0.29, 0.717) is 0 Å². The number of rotatable bonds is 3. The number of halogens is 2. The van der Waals surface area contributed by atoms with Crippen LogP contribution in [0.3, 0.4) is 0 Å². The summed E-state index contributed by atoms with van der Waals surface area (Å²) in [5.74, 6) is -1.80. The largest absolute Gasteiger partial charge is 0.504 e. The van der Waals surface area contributed by atoms with Crippen molar-refractivity contribution in [2.24, 2.45) is 0 Å². The predicted molar refractivity (Wildman–Crippen MR) is 56.1 cm³/mol. The minimum absolute atomic E-state index is 0.120. The second-order valence-electron chi connectivity index (χ2n) is 2.85. The molecule has 3 nitrogen and oxygen atoms in total. The first-order valence-electron chi connectivity index (χ1n) is 4.37. The van der Waals surface area contributed by atoms with E-state index in [1.54, 1.807) is 6.92 Å². The monoisotopic (exact) mass is 276 g/mol. The number of carbonyl (C=O) groups is 1. The molecule has 0 unspecified atom stereocenters. The van der Waals surface area contributed by atoms with Gasteiger partial charge in [0.2, 0.25) is 0 Å². The van der Waals surface area contributed by atoms with Gasteiger partial charge in [0.05, 0.1) is 17.5 Å². The molecule has 0 aliphatic carbocycles. The SMILES string of the molecule is CCOC(=O)Cc1ccc(Br)c(O)c1F. The minimum atomic E-state index is -0.794. The van der Waals surface area contributed by atoms with Gasteiger partial charge in [-0.25, -0.2) is 4.39 Å². The average molecular weight is 277 g/mol. The van der Waals surface area contributed by atoms with E-state index >= 15 is 0 Å². The molecular weight excluding hydrogens is 267 g/mol. The third-order valence-corrected chi connectivity index (χ3v) is 2.43. The van der Waals surface area contributed by atoms with Crippen LogP contribution in [0, 0.1) is 5.82 Å². The summed E-state index contributed by atoms with van der Waals surface area (Å²) in [6, 6.07) is 2.91. The van der Waals surface area contributed by atoms with Gasteiger partial charge in [-0.15, -0.1) is 0 Å². The third-order valence-electron chi connectivity index (χ3n) is 1.79. The summed E-state index contributed by atoms with van der Waals surface area (Å²) in [5, 5.41) is 9.26. The maximum atomic E-state index is 13.4. The van der Waals surface area contributed by atoms with Gasteiger partial charge in [0, 0.05) is 5.56 Å². The van der Waals surface area contributed by atoms with Crippen molar-refractivity contribution in [2.45, 2.75) is 13.3 Å². The molecule has 0 radical (unpaired) electrons. The van der Waals surface area contributed by atoms with Crippen LogP contribution in [0.4, 0.5) is 4.39 Å². The van der Waals surface area contributed by atoms with Gasteiger partial charge >= 0.3 is 5.97 Å². The summed E-state index contributed by atoms with van der Waals surface area (Å²) < 4.78 is 18.3. The standard InChI is InChI=1S/C10H10BrFO3/c1-2-15-8(13)5-6-3-4-7(11)10(14)9(6)12/h3-4,14H,2,5H2,1H3. The predicted octanol–water partition coefficient (Wildman–Crippen LogP) is 2.40. The first-order chi connectivity index (χ1) is 7.06.